The fourth-order valence-corrected chi connectivity index (χ4v) is 9.72. The third-order valence-corrected chi connectivity index (χ3v) is 14.3. The van der Waals surface area contributed by atoms with Gasteiger partial charge in [0.25, 0.3) is 0 Å². The lowest BCUT2D eigenvalue weighted by atomic mass is 9.72. The van der Waals surface area contributed by atoms with Crippen molar-refractivity contribution in [2.45, 2.75) is 209 Å². The maximum Gasteiger partial charge on any atom is 0.0472 e. The average Bonchev–Trinajstić information content (AvgIpc) is 3.14. The monoisotopic (exact) mass is 883 g/mol. The highest BCUT2D eigenvalue weighted by Crippen LogP contribution is 2.48. The van der Waals surface area contributed by atoms with Crippen molar-refractivity contribution in [3.8, 4) is 0 Å². The number of hydrogen-bond donors (Lipinski definition) is 2. The predicted octanol–water partition coefficient (Wildman–Crippen LogP) is 16.7. The summed E-state index contributed by atoms with van der Waals surface area (Å²) < 4.78 is 0. The van der Waals surface area contributed by atoms with Gasteiger partial charge < -0.3 is 10.6 Å². The van der Waals surface area contributed by atoms with Gasteiger partial charge in [0.1, 0.15) is 0 Å². The number of anilines is 4. The van der Waals surface area contributed by atoms with Crippen molar-refractivity contribution in [1.82, 2.24) is 0 Å². The van der Waals surface area contributed by atoms with Gasteiger partial charge in [-0.2, -0.15) is 0 Å². The molecule has 5 aromatic carbocycles. The molecular weight excluding hydrogens is 797 g/mol. The van der Waals surface area contributed by atoms with Crippen LogP contribution in [-0.4, -0.2) is 0 Å². The van der Waals surface area contributed by atoms with Crippen molar-refractivity contribution in [3.63, 3.8) is 0 Å². The van der Waals surface area contributed by atoms with E-state index in [0.717, 1.165) is 11.4 Å². The molecule has 2 heteroatoms. The molecule has 0 saturated heterocycles. The van der Waals surface area contributed by atoms with Crippen molar-refractivity contribution >= 4 is 33.9 Å². The Morgan fingerprint density at radius 1 is 0.242 bits per heavy atom. The van der Waals surface area contributed by atoms with Crippen LogP contribution in [0, 0.1) is 0 Å². The minimum atomic E-state index is -0.119. The Kier molecular flexibility index (Phi) is 11.6. The van der Waals surface area contributed by atoms with E-state index in [4.69, 9.17) is 0 Å². The third-order valence-electron chi connectivity index (χ3n) is 14.3. The molecule has 0 spiro atoms. The molecule has 0 aliphatic carbocycles. The number of benzene rings is 5. The molecule has 66 heavy (non-hydrogen) atoms. The van der Waals surface area contributed by atoms with Gasteiger partial charge in [-0.3, -0.25) is 0 Å². The summed E-state index contributed by atoms with van der Waals surface area (Å²) in [6.45, 7) is 56.7. The normalized spacial score (nSPS) is 14.8. The molecule has 0 unspecified atom stereocenters. The van der Waals surface area contributed by atoms with E-state index in [1.807, 2.05) is 0 Å². The van der Waals surface area contributed by atoms with Crippen LogP contribution in [0.5, 0.6) is 0 Å². The Morgan fingerprint density at radius 2 is 0.485 bits per heavy atom. The number of rotatable bonds is 2. The molecule has 0 bridgehead atoms. The zero-order valence-corrected chi connectivity index (χ0v) is 45.9. The minimum Gasteiger partial charge on any atom is -0.354 e. The van der Waals surface area contributed by atoms with Gasteiger partial charge in [0.15, 0.2) is 0 Å². The largest absolute Gasteiger partial charge is 0.354 e. The minimum absolute atomic E-state index is 0.0356. The van der Waals surface area contributed by atoms with Gasteiger partial charge in [0.2, 0.25) is 0 Å². The van der Waals surface area contributed by atoms with Gasteiger partial charge in [0, 0.05) is 55.5 Å². The molecule has 2 nitrogen and oxygen atoms in total. The van der Waals surface area contributed by atoms with Crippen LogP contribution in [0.25, 0.3) is 11.1 Å². The van der Waals surface area contributed by atoms with Gasteiger partial charge in [-0.25, -0.2) is 0 Å². The Balaban J connectivity index is 1.77. The number of hydrogen-bond acceptors (Lipinski definition) is 2. The quantitative estimate of drug-likeness (QED) is 0.181. The average molecular weight is 883 g/mol. The fourth-order valence-electron chi connectivity index (χ4n) is 9.72. The van der Waals surface area contributed by atoms with E-state index in [9.17, 15) is 0 Å². The molecule has 0 aromatic heterocycles. The summed E-state index contributed by atoms with van der Waals surface area (Å²) in [5.41, 5.74) is 22.9. The Labute approximate surface area is 402 Å². The molecular formula is C64H86N2. The van der Waals surface area contributed by atoms with Crippen LogP contribution in [0.15, 0.2) is 72.8 Å². The Hall–Kier alpha value is -4.56. The molecule has 5 aromatic rings. The molecule has 0 atom stereocenters. The summed E-state index contributed by atoms with van der Waals surface area (Å²) in [6.07, 6.45) is 0. The van der Waals surface area contributed by atoms with E-state index in [1.165, 1.54) is 99.7 Å². The molecule has 2 aliphatic heterocycles. The highest BCUT2D eigenvalue weighted by molar-refractivity contribution is 5.99. The SMILES string of the molecule is CC(C)(C)c1cc(C2=c3cc4c(cc3Nc3cc(C(C)(C)C)cc(C(C)(C)C)c32)=C(c2cc(C(C)(C)C)cc(C(C)(C)C)c2)c2c(cc(C(C)(C)C)cc2C(C)(C)C)N4)cc(C(C)(C)C)c1. The molecule has 2 aliphatic rings. The first-order chi connectivity index (χ1) is 29.7. The van der Waals surface area contributed by atoms with E-state index in [0.29, 0.717) is 0 Å². The fraction of sp³-hybridized carbons (Fsp3) is 0.500. The Morgan fingerprint density at radius 3 is 0.712 bits per heavy atom. The molecule has 2 N–H and O–H groups in total. The van der Waals surface area contributed by atoms with Gasteiger partial charge in [-0.1, -0.05) is 215 Å². The molecule has 2 heterocycles. The summed E-state index contributed by atoms with van der Waals surface area (Å²) in [6, 6.07) is 29.9. The van der Waals surface area contributed by atoms with Crippen molar-refractivity contribution in [1.29, 1.82) is 0 Å². The van der Waals surface area contributed by atoms with E-state index in [1.54, 1.807) is 0 Å². The predicted molar refractivity (Wildman–Crippen MR) is 291 cm³/mol. The van der Waals surface area contributed by atoms with Gasteiger partial charge in [-0.15, -0.1) is 0 Å². The second kappa shape index (κ2) is 15.5. The van der Waals surface area contributed by atoms with Crippen molar-refractivity contribution in [2.75, 3.05) is 10.6 Å². The zero-order chi connectivity index (χ0) is 49.4. The highest BCUT2D eigenvalue weighted by Gasteiger charge is 2.35. The lowest BCUT2D eigenvalue weighted by Crippen LogP contribution is -2.31. The van der Waals surface area contributed by atoms with E-state index in [2.05, 4.69) is 250 Å². The summed E-state index contributed by atoms with van der Waals surface area (Å²) in [4.78, 5) is 0. The number of nitrogens with one attached hydrogen (secondary N) is 2. The van der Waals surface area contributed by atoms with Crippen molar-refractivity contribution in [3.05, 3.63) is 150 Å². The third kappa shape index (κ3) is 9.34. The Bertz CT molecular complexity index is 2620. The molecule has 0 radical (unpaired) electrons. The van der Waals surface area contributed by atoms with Crippen LogP contribution in [0.1, 0.15) is 233 Å². The lowest BCUT2D eigenvalue weighted by molar-refractivity contribution is 0.566. The second-order valence-corrected chi connectivity index (χ2v) is 28.4. The van der Waals surface area contributed by atoms with Gasteiger partial charge in [0.05, 0.1) is 0 Å². The second-order valence-electron chi connectivity index (χ2n) is 28.4. The van der Waals surface area contributed by atoms with E-state index < -0.39 is 0 Å². The van der Waals surface area contributed by atoms with Gasteiger partial charge >= 0.3 is 0 Å². The molecule has 0 amide bonds. The lowest BCUT2D eigenvalue weighted by Gasteiger charge is -2.36. The van der Waals surface area contributed by atoms with E-state index in [-0.39, 0.29) is 43.3 Å². The summed E-state index contributed by atoms with van der Waals surface area (Å²) in [5.74, 6) is 0. The topological polar surface area (TPSA) is 24.1 Å². The van der Waals surface area contributed by atoms with E-state index >= 15 is 0 Å². The smallest absolute Gasteiger partial charge is 0.0472 e. The zero-order valence-electron chi connectivity index (χ0n) is 45.9. The van der Waals surface area contributed by atoms with Gasteiger partial charge in [-0.05, 0) is 123 Å². The molecule has 352 valence electrons. The number of fused-ring (bicyclic) bond motifs is 4. The van der Waals surface area contributed by atoms with Crippen molar-refractivity contribution in [2.24, 2.45) is 0 Å². The van der Waals surface area contributed by atoms with Crippen LogP contribution < -0.4 is 21.1 Å². The standard InChI is InChI=1S/C64H86N2/c1-57(2,3)39-25-37(26-40(29-39)58(4,5)6)53-45-35-50-46(36-49(45)65-51-33-43(61(13,14)15)31-47(55(51)53)63(19,20)21)54(38-27-41(59(7,8)9)30-42(28-38)60(10,11)12)56-48(64(22,23)24)32-44(62(16,17)18)34-52(56)66-50/h25-36,65-66H,1-24H3. The highest BCUT2D eigenvalue weighted by atomic mass is 14.9. The van der Waals surface area contributed by atoms with Crippen LogP contribution in [0.3, 0.4) is 0 Å². The first-order valence-corrected chi connectivity index (χ1v) is 24.9. The van der Waals surface area contributed by atoms with Crippen LogP contribution in [0.4, 0.5) is 22.7 Å². The van der Waals surface area contributed by atoms with Crippen molar-refractivity contribution < 1.29 is 0 Å². The molecule has 0 saturated carbocycles. The van der Waals surface area contributed by atoms with Crippen LogP contribution in [-0.2, 0) is 43.3 Å². The summed E-state index contributed by atoms with van der Waals surface area (Å²) in [7, 11) is 0. The maximum atomic E-state index is 4.18. The summed E-state index contributed by atoms with van der Waals surface area (Å²) in [5, 5.41) is 10.8. The van der Waals surface area contributed by atoms with Crippen LogP contribution in [0.2, 0.25) is 0 Å². The summed E-state index contributed by atoms with van der Waals surface area (Å²) >= 11 is 0. The first-order valence-electron chi connectivity index (χ1n) is 24.9. The maximum absolute atomic E-state index is 4.18. The first kappa shape index (κ1) is 49.3. The van der Waals surface area contributed by atoms with Crippen LogP contribution >= 0.6 is 0 Å². The molecule has 0 fully saturated rings. The molecule has 7 rings (SSSR count).